The van der Waals surface area contributed by atoms with Crippen LogP contribution in [0.15, 0.2) is 18.2 Å². The zero-order valence-corrected chi connectivity index (χ0v) is 11.4. The van der Waals surface area contributed by atoms with Crippen molar-refractivity contribution in [1.82, 2.24) is 10.2 Å². The fraction of sp³-hybridized carbons (Fsp3) is 0.600. The molecule has 2 saturated heterocycles. The summed E-state index contributed by atoms with van der Waals surface area (Å²) in [6.45, 7) is 3.35. The number of phenolic OH excluding ortho intramolecular Hbond substituents is 1. The molecule has 3 rings (SSSR count). The van der Waals surface area contributed by atoms with Gasteiger partial charge in [-0.05, 0) is 43.5 Å². The van der Waals surface area contributed by atoms with Crippen molar-refractivity contribution < 1.29 is 9.84 Å². The van der Waals surface area contributed by atoms with Gasteiger partial charge in [-0.3, -0.25) is 4.90 Å². The van der Waals surface area contributed by atoms with Gasteiger partial charge in [-0.15, -0.1) is 0 Å². The number of rotatable bonds is 4. The predicted molar refractivity (Wildman–Crippen MR) is 74.5 cm³/mol. The Kier molecular flexibility index (Phi) is 3.62. The average Bonchev–Trinajstić information content (AvgIpc) is 3.01. The normalized spacial score (nSPS) is 26.6. The number of ether oxygens (including phenoxy) is 1. The maximum atomic E-state index is 9.59. The Morgan fingerprint density at radius 3 is 3.11 bits per heavy atom. The number of phenols is 1. The van der Waals surface area contributed by atoms with Crippen molar-refractivity contribution in [3.63, 3.8) is 0 Å². The minimum atomic E-state index is 0.203. The lowest BCUT2D eigenvalue weighted by atomic mass is 10.1. The van der Waals surface area contributed by atoms with E-state index in [1.165, 1.54) is 32.4 Å². The van der Waals surface area contributed by atoms with Crippen LogP contribution in [-0.4, -0.2) is 42.3 Å². The standard InChI is InChI=1S/C15H22N2O2/c1-19-15-9-11(4-5-14(15)18)10-16-12-6-8-17-7-2-3-13(12)17/h4-5,9,12-13,16,18H,2-3,6-8,10H2,1H3. The van der Waals surface area contributed by atoms with Crippen LogP contribution in [0.25, 0.3) is 0 Å². The van der Waals surface area contributed by atoms with E-state index in [4.69, 9.17) is 4.74 Å². The second-order valence-electron chi connectivity index (χ2n) is 5.53. The summed E-state index contributed by atoms with van der Waals surface area (Å²) in [6, 6.07) is 6.91. The van der Waals surface area contributed by atoms with Crippen LogP contribution in [0.3, 0.4) is 0 Å². The molecule has 2 aliphatic rings. The van der Waals surface area contributed by atoms with Gasteiger partial charge in [0.25, 0.3) is 0 Å². The quantitative estimate of drug-likeness (QED) is 0.867. The van der Waals surface area contributed by atoms with Crippen LogP contribution in [0.1, 0.15) is 24.8 Å². The van der Waals surface area contributed by atoms with Crippen molar-refractivity contribution in [2.75, 3.05) is 20.2 Å². The van der Waals surface area contributed by atoms with Crippen molar-refractivity contribution in [2.24, 2.45) is 0 Å². The highest BCUT2D eigenvalue weighted by molar-refractivity contribution is 5.41. The van der Waals surface area contributed by atoms with Gasteiger partial charge in [-0.25, -0.2) is 0 Å². The van der Waals surface area contributed by atoms with Crippen molar-refractivity contribution >= 4 is 0 Å². The molecule has 4 nitrogen and oxygen atoms in total. The molecule has 2 aliphatic heterocycles. The smallest absolute Gasteiger partial charge is 0.160 e. The highest BCUT2D eigenvalue weighted by atomic mass is 16.5. The number of fused-ring (bicyclic) bond motifs is 1. The zero-order chi connectivity index (χ0) is 13.2. The summed E-state index contributed by atoms with van der Waals surface area (Å²) in [7, 11) is 1.58. The number of aromatic hydroxyl groups is 1. The lowest BCUT2D eigenvalue weighted by Crippen LogP contribution is -2.38. The van der Waals surface area contributed by atoms with E-state index in [1.807, 2.05) is 12.1 Å². The van der Waals surface area contributed by atoms with Crippen LogP contribution >= 0.6 is 0 Å². The first-order valence-electron chi connectivity index (χ1n) is 7.11. The fourth-order valence-corrected chi connectivity index (χ4v) is 3.40. The molecule has 0 radical (unpaired) electrons. The molecular formula is C15H22N2O2. The Balaban J connectivity index is 1.60. The van der Waals surface area contributed by atoms with Crippen molar-refractivity contribution in [1.29, 1.82) is 0 Å². The van der Waals surface area contributed by atoms with Gasteiger partial charge in [0.1, 0.15) is 0 Å². The van der Waals surface area contributed by atoms with Gasteiger partial charge in [-0.1, -0.05) is 6.07 Å². The van der Waals surface area contributed by atoms with Gasteiger partial charge in [0.15, 0.2) is 11.5 Å². The van der Waals surface area contributed by atoms with E-state index in [-0.39, 0.29) is 5.75 Å². The number of hydrogen-bond acceptors (Lipinski definition) is 4. The topological polar surface area (TPSA) is 44.7 Å². The number of nitrogens with one attached hydrogen (secondary N) is 1. The van der Waals surface area contributed by atoms with E-state index in [1.54, 1.807) is 13.2 Å². The summed E-state index contributed by atoms with van der Waals surface area (Å²) in [5.74, 6) is 0.752. The second-order valence-corrected chi connectivity index (χ2v) is 5.53. The van der Waals surface area contributed by atoms with Crippen LogP contribution in [0.2, 0.25) is 0 Å². The van der Waals surface area contributed by atoms with E-state index < -0.39 is 0 Å². The largest absolute Gasteiger partial charge is 0.504 e. The summed E-state index contributed by atoms with van der Waals surface area (Å²) in [5, 5.41) is 13.2. The van der Waals surface area contributed by atoms with Crippen molar-refractivity contribution in [3.8, 4) is 11.5 Å². The maximum absolute atomic E-state index is 9.59. The van der Waals surface area contributed by atoms with Gasteiger partial charge in [-0.2, -0.15) is 0 Å². The van der Waals surface area contributed by atoms with E-state index in [0.29, 0.717) is 11.8 Å². The molecule has 0 aromatic heterocycles. The second kappa shape index (κ2) is 5.39. The summed E-state index contributed by atoms with van der Waals surface area (Å²) >= 11 is 0. The molecule has 4 heteroatoms. The van der Waals surface area contributed by atoms with E-state index in [0.717, 1.165) is 18.2 Å². The first-order chi connectivity index (χ1) is 9.28. The molecule has 0 aliphatic carbocycles. The van der Waals surface area contributed by atoms with Crippen LogP contribution in [0.5, 0.6) is 11.5 Å². The lowest BCUT2D eigenvalue weighted by Gasteiger charge is -2.21. The molecule has 2 unspecified atom stereocenters. The molecule has 1 aromatic rings. The summed E-state index contributed by atoms with van der Waals surface area (Å²) in [5.41, 5.74) is 1.16. The first-order valence-corrected chi connectivity index (χ1v) is 7.11. The first kappa shape index (κ1) is 12.8. The van der Waals surface area contributed by atoms with Crippen LogP contribution in [0, 0.1) is 0 Å². The predicted octanol–water partition coefficient (Wildman–Crippen LogP) is 1.73. The third kappa shape index (κ3) is 2.55. The molecule has 0 spiro atoms. The molecule has 2 N–H and O–H groups in total. The van der Waals surface area contributed by atoms with Crippen molar-refractivity contribution in [3.05, 3.63) is 23.8 Å². The highest BCUT2D eigenvalue weighted by Gasteiger charge is 2.36. The van der Waals surface area contributed by atoms with Gasteiger partial charge in [0, 0.05) is 25.2 Å². The SMILES string of the molecule is COc1cc(CNC2CCN3CCCC23)ccc1O. The minimum Gasteiger partial charge on any atom is -0.504 e. The molecule has 0 amide bonds. The Hall–Kier alpha value is -1.26. The highest BCUT2D eigenvalue weighted by Crippen LogP contribution is 2.29. The maximum Gasteiger partial charge on any atom is 0.160 e. The summed E-state index contributed by atoms with van der Waals surface area (Å²) < 4.78 is 5.14. The average molecular weight is 262 g/mol. The zero-order valence-electron chi connectivity index (χ0n) is 11.4. The molecule has 2 atom stereocenters. The number of nitrogens with zero attached hydrogens (tertiary/aromatic N) is 1. The molecule has 2 fully saturated rings. The molecule has 104 valence electrons. The number of benzene rings is 1. The van der Waals surface area contributed by atoms with E-state index in [2.05, 4.69) is 10.2 Å². The monoisotopic (exact) mass is 262 g/mol. The van der Waals surface area contributed by atoms with Crippen LogP contribution < -0.4 is 10.1 Å². The molecule has 19 heavy (non-hydrogen) atoms. The molecule has 0 saturated carbocycles. The Bertz CT molecular complexity index is 450. The summed E-state index contributed by atoms with van der Waals surface area (Å²) in [6.07, 6.45) is 3.92. The molecule has 0 bridgehead atoms. The molecular weight excluding hydrogens is 240 g/mol. The van der Waals surface area contributed by atoms with Crippen LogP contribution in [-0.2, 0) is 6.54 Å². The van der Waals surface area contributed by atoms with Gasteiger partial charge in [0.2, 0.25) is 0 Å². The van der Waals surface area contributed by atoms with Gasteiger partial charge >= 0.3 is 0 Å². The third-order valence-electron chi connectivity index (χ3n) is 4.42. The number of hydrogen-bond donors (Lipinski definition) is 2. The number of methoxy groups -OCH3 is 1. The van der Waals surface area contributed by atoms with Crippen molar-refractivity contribution in [2.45, 2.75) is 37.9 Å². The molecule has 2 heterocycles. The fourth-order valence-electron chi connectivity index (χ4n) is 3.40. The Morgan fingerprint density at radius 1 is 1.37 bits per heavy atom. The Labute approximate surface area is 114 Å². The van der Waals surface area contributed by atoms with E-state index >= 15 is 0 Å². The summed E-state index contributed by atoms with van der Waals surface area (Å²) in [4.78, 5) is 2.61. The van der Waals surface area contributed by atoms with E-state index in [9.17, 15) is 5.11 Å². The minimum absolute atomic E-state index is 0.203. The van der Waals surface area contributed by atoms with Gasteiger partial charge < -0.3 is 15.2 Å². The lowest BCUT2D eigenvalue weighted by molar-refractivity contribution is 0.298. The van der Waals surface area contributed by atoms with Gasteiger partial charge in [0.05, 0.1) is 7.11 Å². The van der Waals surface area contributed by atoms with Crippen LogP contribution in [0.4, 0.5) is 0 Å². The molecule has 1 aromatic carbocycles. The Morgan fingerprint density at radius 2 is 2.26 bits per heavy atom. The third-order valence-corrected chi connectivity index (χ3v) is 4.42.